The number of nitrogens with one attached hydrogen (secondary N) is 1. The lowest BCUT2D eigenvalue weighted by atomic mass is 10.1. The molecule has 0 fully saturated rings. The van der Waals surface area contributed by atoms with E-state index in [0.717, 1.165) is 0 Å². The topological polar surface area (TPSA) is 73.9 Å². The quantitative estimate of drug-likeness (QED) is 0.878. The second kappa shape index (κ2) is 7.12. The van der Waals surface area contributed by atoms with Gasteiger partial charge in [0.2, 0.25) is 0 Å². The van der Waals surface area contributed by atoms with E-state index in [2.05, 4.69) is 10.1 Å². The molecule has 0 aliphatic heterocycles. The first kappa shape index (κ1) is 15.4. The zero-order chi connectivity index (χ0) is 15.9. The molecular formula is C16H15NO5. The summed E-state index contributed by atoms with van der Waals surface area (Å²) in [7, 11) is 2.75. The van der Waals surface area contributed by atoms with E-state index >= 15 is 0 Å². The molecule has 0 heterocycles. The molecule has 22 heavy (non-hydrogen) atoms. The predicted molar refractivity (Wildman–Crippen MR) is 80.4 cm³/mol. The normalized spacial score (nSPS) is 9.73. The monoisotopic (exact) mass is 301 g/mol. The minimum absolute atomic E-state index is 0.202. The number of carbonyl (C=O) groups is 2. The minimum atomic E-state index is -0.718. The van der Waals surface area contributed by atoms with Gasteiger partial charge in [0.1, 0.15) is 11.5 Å². The van der Waals surface area contributed by atoms with E-state index in [0.29, 0.717) is 11.5 Å². The van der Waals surface area contributed by atoms with Gasteiger partial charge in [0.25, 0.3) is 0 Å². The molecule has 0 aromatic heterocycles. The summed E-state index contributed by atoms with van der Waals surface area (Å²) in [4.78, 5) is 23.6. The van der Waals surface area contributed by atoms with E-state index in [1.807, 2.05) is 6.07 Å². The Bertz CT molecular complexity index is 669. The highest BCUT2D eigenvalue weighted by atomic mass is 16.6. The molecule has 2 aromatic rings. The number of para-hydroxylation sites is 1. The third-order valence-corrected chi connectivity index (χ3v) is 2.82. The summed E-state index contributed by atoms with van der Waals surface area (Å²) in [6.07, 6.45) is -0.718. The van der Waals surface area contributed by atoms with E-state index in [1.54, 1.807) is 30.3 Å². The van der Waals surface area contributed by atoms with Crippen molar-refractivity contribution in [3.05, 3.63) is 54.1 Å². The van der Waals surface area contributed by atoms with Crippen molar-refractivity contribution in [2.24, 2.45) is 0 Å². The number of carbonyl (C=O) groups excluding carboxylic acids is 2. The fraction of sp³-hybridized carbons (Fsp3) is 0.125. The van der Waals surface area contributed by atoms with E-state index in [9.17, 15) is 9.59 Å². The molecule has 114 valence electrons. The highest BCUT2D eigenvalue weighted by molar-refractivity contribution is 6.00. The molecule has 1 N–H and O–H groups in total. The van der Waals surface area contributed by atoms with Crippen LogP contribution < -0.4 is 14.8 Å². The van der Waals surface area contributed by atoms with Crippen LogP contribution in [0.3, 0.4) is 0 Å². The largest absolute Gasteiger partial charge is 0.497 e. The molecule has 0 spiro atoms. The first-order chi connectivity index (χ1) is 10.6. The van der Waals surface area contributed by atoms with Gasteiger partial charge >= 0.3 is 12.1 Å². The Kier molecular flexibility index (Phi) is 4.98. The third kappa shape index (κ3) is 3.76. The summed E-state index contributed by atoms with van der Waals surface area (Å²) >= 11 is 0. The van der Waals surface area contributed by atoms with Gasteiger partial charge in [0.15, 0.2) is 0 Å². The van der Waals surface area contributed by atoms with E-state index in [4.69, 9.17) is 9.47 Å². The molecule has 6 heteroatoms. The Morgan fingerprint density at radius 3 is 2.32 bits per heavy atom. The number of amides is 1. The van der Waals surface area contributed by atoms with Gasteiger partial charge in [-0.15, -0.1) is 0 Å². The number of esters is 1. The summed E-state index contributed by atoms with van der Waals surface area (Å²) in [6.45, 7) is 0. The number of ether oxygens (including phenoxy) is 3. The maximum Gasteiger partial charge on any atom is 0.417 e. The average molecular weight is 301 g/mol. The van der Waals surface area contributed by atoms with Crippen molar-refractivity contribution in [2.45, 2.75) is 0 Å². The lowest BCUT2D eigenvalue weighted by molar-refractivity contribution is 0.0602. The SMILES string of the molecule is COC(=O)c1ccc(OC)cc1NC(=O)Oc1ccccc1. The standard InChI is InChI=1S/C16H15NO5/c1-20-12-8-9-13(15(18)21-2)14(10-12)17-16(19)22-11-6-4-3-5-7-11/h3-10H,1-2H3,(H,17,19). The van der Waals surface area contributed by atoms with Crippen molar-refractivity contribution in [1.82, 2.24) is 0 Å². The number of methoxy groups -OCH3 is 2. The highest BCUT2D eigenvalue weighted by Gasteiger charge is 2.16. The van der Waals surface area contributed by atoms with Crippen molar-refractivity contribution in [3.63, 3.8) is 0 Å². The van der Waals surface area contributed by atoms with Crippen LogP contribution in [0.1, 0.15) is 10.4 Å². The van der Waals surface area contributed by atoms with Gasteiger partial charge in [-0.3, -0.25) is 5.32 Å². The molecule has 6 nitrogen and oxygen atoms in total. The van der Waals surface area contributed by atoms with Crippen molar-refractivity contribution < 1.29 is 23.8 Å². The van der Waals surface area contributed by atoms with Gasteiger partial charge < -0.3 is 14.2 Å². The molecule has 0 saturated carbocycles. The zero-order valence-corrected chi connectivity index (χ0v) is 12.2. The number of rotatable bonds is 4. The number of benzene rings is 2. The summed E-state index contributed by atoms with van der Waals surface area (Å²) in [5.74, 6) is 0.308. The van der Waals surface area contributed by atoms with Gasteiger partial charge in [-0.1, -0.05) is 18.2 Å². The molecule has 0 aliphatic carbocycles. The Morgan fingerprint density at radius 1 is 0.955 bits per heavy atom. The second-order valence-electron chi connectivity index (χ2n) is 4.23. The van der Waals surface area contributed by atoms with Crippen molar-refractivity contribution >= 4 is 17.7 Å². The lowest BCUT2D eigenvalue weighted by Crippen LogP contribution is -2.19. The van der Waals surface area contributed by atoms with Gasteiger partial charge in [0.05, 0.1) is 25.5 Å². The molecule has 1 amide bonds. The summed E-state index contributed by atoms with van der Waals surface area (Å²) in [6, 6.07) is 13.2. The van der Waals surface area contributed by atoms with Crippen LogP contribution in [0.25, 0.3) is 0 Å². The van der Waals surface area contributed by atoms with Gasteiger partial charge in [-0.25, -0.2) is 9.59 Å². The molecule has 2 aromatic carbocycles. The molecule has 0 atom stereocenters. The fourth-order valence-electron chi connectivity index (χ4n) is 1.77. The van der Waals surface area contributed by atoms with Crippen LogP contribution in [0.5, 0.6) is 11.5 Å². The maximum absolute atomic E-state index is 11.9. The fourth-order valence-corrected chi connectivity index (χ4v) is 1.77. The van der Waals surface area contributed by atoms with Crippen LogP contribution in [0.2, 0.25) is 0 Å². The summed E-state index contributed by atoms with van der Waals surface area (Å²) in [5.41, 5.74) is 0.445. The van der Waals surface area contributed by atoms with Crippen LogP contribution in [0, 0.1) is 0 Å². The van der Waals surface area contributed by atoms with Crippen molar-refractivity contribution in [3.8, 4) is 11.5 Å². The predicted octanol–water partition coefficient (Wildman–Crippen LogP) is 3.09. The minimum Gasteiger partial charge on any atom is -0.497 e. The number of hydrogen-bond acceptors (Lipinski definition) is 5. The Hall–Kier alpha value is -3.02. The zero-order valence-electron chi connectivity index (χ0n) is 12.2. The third-order valence-electron chi connectivity index (χ3n) is 2.82. The molecular weight excluding hydrogens is 286 g/mol. The van der Waals surface area contributed by atoms with E-state index in [1.165, 1.54) is 26.4 Å². The molecule has 0 radical (unpaired) electrons. The molecule has 0 unspecified atom stereocenters. The van der Waals surface area contributed by atoms with Crippen molar-refractivity contribution in [2.75, 3.05) is 19.5 Å². The van der Waals surface area contributed by atoms with E-state index < -0.39 is 12.1 Å². The summed E-state index contributed by atoms with van der Waals surface area (Å²) < 4.78 is 14.9. The number of anilines is 1. The maximum atomic E-state index is 11.9. The average Bonchev–Trinajstić information content (AvgIpc) is 2.54. The van der Waals surface area contributed by atoms with Crippen LogP contribution in [-0.2, 0) is 4.74 Å². The van der Waals surface area contributed by atoms with Crippen LogP contribution in [-0.4, -0.2) is 26.3 Å². The Labute approximate surface area is 127 Å². The smallest absolute Gasteiger partial charge is 0.417 e. The highest BCUT2D eigenvalue weighted by Crippen LogP contribution is 2.23. The first-order valence-electron chi connectivity index (χ1n) is 6.44. The van der Waals surface area contributed by atoms with Crippen LogP contribution in [0.15, 0.2) is 48.5 Å². The number of hydrogen-bond donors (Lipinski definition) is 1. The van der Waals surface area contributed by atoms with Crippen molar-refractivity contribution in [1.29, 1.82) is 0 Å². The lowest BCUT2D eigenvalue weighted by Gasteiger charge is -2.11. The molecule has 0 aliphatic rings. The van der Waals surface area contributed by atoms with Gasteiger partial charge in [0, 0.05) is 6.07 Å². The Morgan fingerprint density at radius 2 is 1.68 bits per heavy atom. The Balaban J connectivity index is 2.19. The van der Waals surface area contributed by atoms with Gasteiger partial charge in [-0.05, 0) is 24.3 Å². The molecule has 2 rings (SSSR count). The first-order valence-corrected chi connectivity index (χ1v) is 6.44. The van der Waals surface area contributed by atoms with Crippen LogP contribution in [0.4, 0.5) is 10.5 Å². The molecule has 0 bridgehead atoms. The second-order valence-corrected chi connectivity index (χ2v) is 4.23. The van der Waals surface area contributed by atoms with Gasteiger partial charge in [-0.2, -0.15) is 0 Å². The van der Waals surface area contributed by atoms with Crippen LogP contribution >= 0.6 is 0 Å². The molecule has 0 saturated heterocycles. The van der Waals surface area contributed by atoms with E-state index in [-0.39, 0.29) is 11.3 Å². The summed E-state index contributed by atoms with van der Waals surface area (Å²) in [5, 5.41) is 2.51.